The van der Waals surface area contributed by atoms with Crippen LogP contribution < -0.4 is 11.1 Å². The summed E-state index contributed by atoms with van der Waals surface area (Å²) in [6, 6.07) is 7.82. The highest BCUT2D eigenvalue weighted by molar-refractivity contribution is 5.98. The van der Waals surface area contributed by atoms with Crippen molar-refractivity contribution in [3.63, 3.8) is 0 Å². The van der Waals surface area contributed by atoms with Crippen molar-refractivity contribution in [1.29, 1.82) is 5.26 Å². The second-order valence-electron chi connectivity index (χ2n) is 7.12. The fraction of sp³-hybridized carbons (Fsp3) is 0.300. The topological polar surface area (TPSA) is 126 Å². The second kappa shape index (κ2) is 8.34. The Labute approximate surface area is 171 Å². The van der Waals surface area contributed by atoms with Crippen LogP contribution in [0.15, 0.2) is 47.3 Å². The number of anilines is 2. The lowest BCUT2D eigenvalue weighted by atomic mass is 9.93. The van der Waals surface area contributed by atoms with Crippen LogP contribution in [0.3, 0.4) is 0 Å². The summed E-state index contributed by atoms with van der Waals surface area (Å²) < 4.78 is 20.1. The first-order chi connectivity index (χ1) is 14.5. The molecular weight excluding hydrogens is 389 g/mol. The lowest BCUT2D eigenvalue weighted by Crippen LogP contribution is -2.40. The van der Waals surface area contributed by atoms with Gasteiger partial charge in [-0.2, -0.15) is 10.4 Å². The van der Waals surface area contributed by atoms with Gasteiger partial charge in [0.25, 0.3) is 5.91 Å². The summed E-state index contributed by atoms with van der Waals surface area (Å²) in [5.41, 5.74) is 6.30. The van der Waals surface area contributed by atoms with E-state index in [1.807, 2.05) is 0 Å². The number of nitrogens with two attached hydrogens (primary N) is 1. The van der Waals surface area contributed by atoms with Gasteiger partial charge in [0.2, 0.25) is 5.89 Å². The summed E-state index contributed by atoms with van der Waals surface area (Å²) in [7, 11) is 0. The van der Waals surface area contributed by atoms with E-state index in [-0.39, 0.29) is 29.2 Å². The molecule has 30 heavy (non-hydrogen) atoms. The summed E-state index contributed by atoms with van der Waals surface area (Å²) in [4.78, 5) is 18.2. The molecule has 3 aromatic rings. The minimum Gasteiger partial charge on any atom is -0.448 e. The Morgan fingerprint density at radius 3 is 2.87 bits per heavy atom. The number of piperidine rings is 1. The first kappa shape index (κ1) is 19.6. The number of halogens is 1. The van der Waals surface area contributed by atoms with Gasteiger partial charge in [0, 0.05) is 25.0 Å². The van der Waals surface area contributed by atoms with Gasteiger partial charge in [-0.05, 0) is 30.7 Å². The highest BCUT2D eigenvalue weighted by atomic mass is 19.1. The number of amides is 1. The molecule has 9 nitrogen and oxygen atoms in total. The van der Waals surface area contributed by atoms with E-state index in [4.69, 9.17) is 10.2 Å². The predicted octanol–water partition coefficient (Wildman–Crippen LogP) is 2.44. The predicted molar refractivity (Wildman–Crippen MR) is 105 cm³/mol. The molecule has 2 aromatic heterocycles. The third-order valence-corrected chi connectivity index (χ3v) is 5.11. The minimum absolute atomic E-state index is 0.207. The molecule has 2 atom stereocenters. The molecule has 0 unspecified atom stereocenters. The molecule has 3 N–H and O–H groups in total. The molecule has 1 amide bonds. The summed E-state index contributed by atoms with van der Waals surface area (Å²) in [6.07, 6.45) is 5.34. The molecule has 1 saturated heterocycles. The summed E-state index contributed by atoms with van der Waals surface area (Å²) in [5.74, 6) is -0.470. The molecule has 1 fully saturated rings. The van der Waals surface area contributed by atoms with Crippen molar-refractivity contribution in [3.05, 3.63) is 60.2 Å². The molecule has 0 aliphatic carbocycles. The average Bonchev–Trinajstić information content (AvgIpc) is 3.39. The van der Waals surface area contributed by atoms with Gasteiger partial charge in [-0.15, -0.1) is 0 Å². The number of primary amides is 1. The van der Waals surface area contributed by atoms with E-state index in [9.17, 15) is 14.4 Å². The Morgan fingerprint density at radius 2 is 2.20 bits per heavy atom. The Morgan fingerprint density at radius 1 is 1.40 bits per heavy atom. The number of oxazole rings is 1. The van der Waals surface area contributed by atoms with Crippen molar-refractivity contribution in [2.75, 3.05) is 18.4 Å². The van der Waals surface area contributed by atoms with Gasteiger partial charge in [0.05, 0.1) is 30.8 Å². The van der Waals surface area contributed by atoms with E-state index >= 15 is 0 Å². The van der Waals surface area contributed by atoms with E-state index < -0.39 is 5.91 Å². The fourth-order valence-electron chi connectivity index (χ4n) is 3.62. The Kier molecular flexibility index (Phi) is 5.45. The smallest absolute Gasteiger partial charge is 0.254 e. The number of carbonyl (C=O) groups excluding carboxylic acids is 1. The molecule has 1 aliphatic heterocycles. The van der Waals surface area contributed by atoms with Crippen LogP contribution in [0.2, 0.25) is 0 Å². The number of aromatic nitrogens is 3. The van der Waals surface area contributed by atoms with E-state index in [1.54, 1.807) is 29.2 Å². The summed E-state index contributed by atoms with van der Waals surface area (Å²) >= 11 is 0. The first-order valence-electron chi connectivity index (χ1n) is 9.45. The van der Waals surface area contributed by atoms with E-state index in [0.29, 0.717) is 31.1 Å². The van der Waals surface area contributed by atoms with Gasteiger partial charge in [0.15, 0.2) is 5.82 Å². The average molecular weight is 409 g/mol. The number of carbonyl (C=O) groups is 1. The van der Waals surface area contributed by atoms with Crippen LogP contribution >= 0.6 is 0 Å². The van der Waals surface area contributed by atoms with Gasteiger partial charge in [0.1, 0.15) is 17.6 Å². The van der Waals surface area contributed by atoms with Gasteiger partial charge in [-0.1, -0.05) is 0 Å². The van der Waals surface area contributed by atoms with Gasteiger partial charge >= 0.3 is 0 Å². The van der Waals surface area contributed by atoms with E-state index in [0.717, 1.165) is 6.54 Å². The highest BCUT2D eigenvalue weighted by Gasteiger charge is 2.32. The standard InChI is InChI=1S/C20H20FN7O2/c21-14-1-3-15(4-2-14)25-20-16(19(23)29)11-28(26-20)17-5-7-27(10-13(17)9-22)12-18-24-6-8-30-18/h1-4,6,8,11,13,17H,5,7,10,12H2,(H2,23,29)(H,25,26)/t13-,17+/m1/s1. The third kappa shape index (κ3) is 4.16. The maximum atomic E-state index is 13.1. The van der Waals surface area contributed by atoms with Crippen LogP contribution in [0.5, 0.6) is 0 Å². The zero-order valence-corrected chi connectivity index (χ0v) is 16.0. The van der Waals surface area contributed by atoms with Gasteiger partial charge in [-0.25, -0.2) is 9.37 Å². The Bertz CT molecular complexity index is 1060. The zero-order valence-electron chi connectivity index (χ0n) is 16.0. The van der Waals surface area contributed by atoms with Crippen LogP contribution in [-0.2, 0) is 6.54 Å². The number of likely N-dealkylation sites (tertiary alicyclic amines) is 1. The number of hydrogen-bond donors (Lipinski definition) is 2. The largest absolute Gasteiger partial charge is 0.448 e. The maximum absolute atomic E-state index is 13.1. The molecule has 0 saturated carbocycles. The van der Waals surface area contributed by atoms with Crippen LogP contribution in [0, 0.1) is 23.1 Å². The molecule has 1 aliphatic rings. The molecule has 154 valence electrons. The lowest BCUT2D eigenvalue weighted by Gasteiger charge is -2.34. The highest BCUT2D eigenvalue weighted by Crippen LogP contribution is 2.30. The number of rotatable bonds is 6. The SMILES string of the molecule is N#C[C@@H]1CN(Cc2ncco2)CC[C@@H]1n1cc(C(N)=O)c(Nc2ccc(F)cc2)n1. The Balaban J connectivity index is 1.53. The number of nitrogens with zero attached hydrogens (tertiary/aromatic N) is 5. The number of benzene rings is 1. The van der Waals surface area contributed by atoms with Gasteiger partial charge < -0.3 is 15.5 Å². The summed E-state index contributed by atoms with van der Waals surface area (Å²) in [6.45, 7) is 1.77. The van der Waals surface area contributed by atoms with E-state index in [2.05, 4.69) is 26.4 Å². The van der Waals surface area contributed by atoms with Crippen molar-refractivity contribution in [1.82, 2.24) is 19.7 Å². The van der Waals surface area contributed by atoms with Crippen LogP contribution in [0.25, 0.3) is 0 Å². The van der Waals surface area contributed by atoms with Crippen LogP contribution in [0.4, 0.5) is 15.9 Å². The maximum Gasteiger partial charge on any atom is 0.254 e. The first-order valence-corrected chi connectivity index (χ1v) is 9.45. The fourth-order valence-corrected chi connectivity index (χ4v) is 3.62. The van der Waals surface area contributed by atoms with Crippen LogP contribution in [-0.4, -0.2) is 38.7 Å². The molecule has 0 bridgehead atoms. The zero-order chi connectivity index (χ0) is 21.1. The van der Waals surface area contributed by atoms with Crippen LogP contribution in [0.1, 0.15) is 28.7 Å². The number of nitriles is 1. The van der Waals surface area contributed by atoms with Crippen molar-refractivity contribution >= 4 is 17.4 Å². The van der Waals surface area contributed by atoms with Crippen molar-refractivity contribution in [2.24, 2.45) is 11.7 Å². The third-order valence-electron chi connectivity index (χ3n) is 5.11. The monoisotopic (exact) mass is 409 g/mol. The van der Waals surface area contributed by atoms with Crippen molar-refractivity contribution in [2.45, 2.75) is 19.0 Å². The normalized spacial score (nSPS) is 19.3. The summed E-state index contributed by atoms with van der Waals surface area (Å²) in [5, 5.41) is 17.2. The van der Waals surface area contributed by atoms with Gasteiger partial charge in [-0.3, -0.25) is 14.4 Å². The number of hydrogen-bond acceptors (Lipinski definition) is 7. The Hall–Kier alpha value is -3.71. The molecule has 0 spiro atoms. The second-order valence-corrected chi connectivity index (χ2v) is 7.12. The van der Waals surface area contributed by atoms with Crippen molar-refractivity contribution < 1.29 is 13.6 Å². The molecular formula is C20H20FN7O2. The molecule has 0 radical (unpaired) electrons. The lowest BCUT2D eigenvalue weighted by molar-refractivity contribution is 0.1000. The molecule has 3 heterocycles. The molecule has 4 rings (SSSR count). The quantitative estimate of drug-likeness (QED) is 0.640. The molecule has 1 aromatic carbocycles. The van der Waals surface area contributed by atoms with Crippen molar-refractivity contribution in [3.8, 4) is 6.07 Å². The number of nitrogens with one attached hydrogen (secondary N) is 1. The molecule has 10 heteroatoms. The minimum atomic E-state index is -0.638. The van der Waals surface area contributed by atoms with E-state index in [1.165, 1.54) is 18.4 Å².